The summed E-state index contributed by atoms with van der Waals surface area (Å²) < 4.78 is 18.4. The Kier molecular flexibility index (Phi) is 6.52. The van der Waals surface area contributed by atoms with E-state index in [1.165, 1.54) is 24.3 Å². The Morgan fingerprint density at radius 1 is 1.16 bits per heavy atom. The lowest BCUT2D eigenvalue weighted by Crippen LogP contribution is -2.49. The zero-order valence-corrected chi connectivity index (χ0v) is 14.7. The van der Waals surface area contributed by atoms with Crippen molar-refractivity contribution in [2.75, 3.05) is 37.7 Å². The van der Waals surface area contributed by atoms with Gasteiger partial charge in [0.15, 0.2) is 0 Å². The predicted molar refractivity (Wildman–Crippen MR) is 95.0 cm³/mol. The number of hydrogen-bond donors (Lipinski definition) is 0. The predicted octanol–water partition coefficient (Wildman–Crippen LogP) is 2.40. The van der Waals surface area contributed by atoms with Gasteiger partial charge in [0.05, 0.1) is 6.61 Å². The van der Waals surface area contributed by atoms with Crippen LogP contribution in [-0.2, 0) is 0 Å². The number of carbonyl (C=O) groups is 1. The quantitative estimate of drug-likeness (QED) is 0.831. The molecule has 6 nitrogen and oxygen atoms in total. The average molecular weight is 367 g/mol. The van der Waals surface area contributed by atoms with Crippen molar-refractivity contribution >= 4 is 24.3 Å². The molecule has 0 atom stereocenters. The average Bonchev–Trinajstić information content (AvgIpc) is 2.62. The number of amides is 1. The van der Waals surface area contributed by atoms with E-state index in [0.717, 1.165) is 0 Å². The van der Waals surface area contributed by atoms with Crippen LogP contribution in [-0.4, -0.2) is 53.6 Å². The number of rotatable bonds is 4. The fraction of sp³-hybridized carbons (Fsp3) is 0.353. The number of halogens is 2. The summed E-state index contributed by atoms with van der Waals surface area (Å²) in [5.41, 5.74) is 0.499. The Labute approximate surface area is 152 Å². The third-order valence-electron chi connectivity index (χ3n) is 3.85. The van der Waals surface area contributed by atoms with E-state index in [0.29, 0.717) is 50.2 Å². The smallest absolute Gasteiger partial charge is 0.253 e. The van der Waals surface area contributed by atoms with Gasteiger partial charge in [-0.05, 0) is 31.2 Å². The summed E-state index contributed by atoms with van der Waals surface area (Å²) in [6, 6.07) is 7.35. The summed E-state index contributed by atoms with van der Waals surface area (Å²) in [5, 5.41) is 0. The zero-order valence-electron chi connectivity index (χ0n) is 13.9. The number of piperazine rings is 1. The highest BCUT2D eigenvalue weighted by Gasteiger charge is 2.23. The third kappa shape index (κ3) is 4.57. The van der Waals surface area contributed by atoms with Crippen LogP contribution in [0.2, 0.25) is 0 Å². The van der Waals surface area contributed by atoms with E-state index >= 15 is 0 Å². The normalized spacial score (nSPS) is 14.0. The molecule has 25 heavy (non-hydrogen) atoms. The first-order chi connectivity index (χ1) is 11.7. The van der Waals surface area contributed by atoms with Gasteiger partial charge in [-0.15, -0.1) is 12.4 Å². The van der Waals surface area contributed by atoms with Crippen LogP contribution in [0.3, 0.4) is 0 Å². The van der Waals surface area contributed by atoms with Gasteiger partial charge >= 0.3 is 0 Å². The molecule has 1 fully saturated rings. The first-order valence-electron chi connectivity index (χ1n) is 7.93. The number of ether oxygens (including phenoxy) is 1. The monoisotopic (exact) mass is 366 g/mol. The van der Waals surface area contributed by atoms with Crippen molar-refractivity contribution in [3.63, 3.8) is 0 Å². The molecule has 1 aliphatic rings. The highest BCUT2D eigenvalue weighted by atomic mass is 35.5. The number of anilines is 1. The van der Waals surface area contributed by atoms with Gasteiger partial charge in [-0.2, -0.15) is 4.98 Å². The third-order valence-corrected chi connectivity index (χ3v) is 3.85. The highest BCUT2D eigenvalue weighted by molar-refractivity contribution is 5.94. The molecular weight excluding hydrogens is 347 g/mol. The molecular formula is C17H20ClFN4O2. The summed E-state index contributed by atoms with van der Waals surface area (Å²) >= 11 is 0. The number of nitrogens with zero attached hydrogens (tertiary/aromatic N) is 4. The topological polar surface area (TPSA) is 58.6 Å². The fourth-order valence-electron chi connectivity index (χ4n) is 2.60. The maximum absolute atomic E-state index is 13.0. The van der Waals surface area contributed by atoms with Crippen molar-refractivity contribution in [2.45, 2.75) is 6.92 Å². The second-order valence-electron chi connectivity index (χ2n) is 5.41. The van der Waals surface area contributed by atoms with Gasteiger partial charge in [-0.3, -0.25) is 4.79 Å². The molecule has 1 amide bonds. The molecule has 134 valence electrons. The van der Waals surface area contributed by atoms with E-state index < -0.39 is 0 Å². The lowest BCUT2D eigenvalue weighted by molar-refractivity contribution is 0.0746. The molecule has 0 spiro atoms. The fourth-order valence-corrected chi connectivity index (χ4v) is 2.60. The van der Waals surface area contributed by atoms with Gasteiger partial charge in [0.1, 0.15) is 5.82 Å². The van der Waals surface area contributed by atoms with Crippen LogP contribution in [0, 0.1) is 5.82 Å². The van der Waals surface area contributed by atoms with Gasteiger partial charge in [0.25, 0.3) is 5.91 Å². The van der Waals surface area contributed by atoms with Gasteiger partial charge in [0.2, 0.25) is 11.8 Å². The lowest BCUT2D eigenvalue weighted by Gasteiger charge is -2.34. The summed E-state index contributed by atoms with van der Waals surface area (Å²) in [5.74, 6) is 0.725. The van der Waals surface area contributed by atoms with Crippen molar-refractivity contribution in [1.29, 1.82) is 0 Å². The minimum Gasteiger partial charge on any atom is -0.478 e. The van der Waals surface area contributed by atoms with Crippen molar-refractivity contribution in [3.05, 3.63) is 47.9 Å². The molecule has 0 radical (unpaired) electrons. The van der Waals surface area contributed by atoms with E-state index in [4.69, 9.17) is 4.74 Å². The molecule has 1 aliphatic heterocycles. The summed E-state index contributed by atoms with van der Waals surface area (Å²) in [7, 11) is 0. The SMILES string of the molecule is CCOc1ccnc(N2CCN(C(=O)c3ccc(F)cc3)CC2)n1.Cl. The molecule has 3 rings (SSSR count). The molecule has 0 bridgehead atoms. The molecule has 0 saturated carbocycles. The Balaban J connectivity index is 0.00000225. The van der Waals surface area contributed by atoms with E-state index in [1.807, 2.05) is 11.8 Å². The van der Waals surface area contributed by atoms with Crippen molar-refractivity contribution < 1.29 is 13.9 Å². The Morgan fingerprint density at radius 3 is 2.48 bits per heavy atom. The largest absolute Gasteiger partial charge is 0.478 e. The number of carbonyl (C=O) groups excluding carboxylic acids is 1. The molecule has 1 aromatic heterocycles. The van der Waals surface area contributed by atoms with E-state index in [2.05, 4.69) is 9.97 Å². The first-order valence-corrected chi connectivity index (χ1v) is 7.93. The minimum absolute atomic E-state index is 0. The van der Waals surface area contributed by atoms with Crippen molar-refractivity contribution in [1.82, 2.24) is 14.9 Å². The maximum Gasteiger partial charge on any atom is 0.253 e. The van der Waals surface area contributed by atoms with Crippen LogP contribution < -0.4 is 9.64 Å². The maximum atomic E-state index is 13.0. The Bertz CT molecular complexity index is 706. The molecule has 2 heterocycles. The van der Waals surface area contributed by atoms with Crippen LogP contribution in [0.4, 0.5) is 10.3 Å². The lowest BCUT2D eigenvalue weighted by atomic mass is 10.2. The Morgan fingerprint density at radius 2 is 1.84 bits per heavy atom. The summed E-state index contributed by atoms with van der Waals surface area (Å²) in [6.45, 7) is 4.87. The minimum atomic E-state index is -0.345. The number of hydrogen-bond acceptors (Lipinski definition) is 5. The summed E-state index contributed by atoms with van der Waals surface area (Å²) in [4.78, 5) is 24.9. The van der Waals surface area contributed by atoms with E-state index in [9.17, 15) is 9.18 Å². The van der Waals surface area contributed by atoms with Crippen LogP contribution in [0.5, 0.6) is 5.88 Å². The van der Waals surface area contributed by atoms with Gasteiger partial charge < -0.3 is 14.5 Å². The molecule has 0 unspecified atom stereocenters. The molecule has 0 N–H and O–H groups in total. The van der Waals surface area contributed by atoms with Gasteiger partial charge in [-0.25, -0.2) is 9.37 Å². The molecule has 2 aromatic rings. The highest BCUT2D eigenvalue weighted by Crippen LogP contribution is 2.16. The second-order valence-corrected chi connectivity index (χ2v) is 5.41. The molecule has 8 heteroatoms. The Hall–Kier alpha value is -2.41. The van der Waals surface area contributed by atoms with Crippen LogP contribution >= 0.6 is 12.4 Å². The van der Waals surface area contributed by atoms with Gasteiger partial charge in [-0.1, -0.05) is 0 Å². The summed E-state index contributed by atoms with van der Waals surface area (Å²) in [6.07, 6.45) is 1.67. The molecule has 1 saturated heterocycles. The standard InChI is InChI=1S/C17H19FN4O2.ClH/c1-2-24-15-7-8-19-17(20-15)22-11-9-21(10-12-22)16(23)13-3-5-14(18)6-4-13;/h3-8H,2,9-12H2,1H3;1H. The zero-order chi connectivity index (χ0) is 16.9. The van der Waals surface area contributed by atoms with E-state index in [-0.39, 0.29) is 24.1 Å². The molecule has 0 aliphatic carbocycles. The number of benzene rings is 1. The van der Waals surface area contributed by atoms with Crippen molar-refractivity contribution in [2.24, 2.45) is 0 Å². The number of aromatic nitrogens is 2. The van der Waals surface area contributed by atoms with E-state index in [1.54, 1.807) is 17.2 Å². The van der Waals surface area contributed by atoms with Crippen LogP contribution in [0.25, 0.3) is 0 Å². The van der Waals surface area contributed by atoms with Crippen LogP contribution in [0.15, 0.2) is 36.5 Å². The first kappa shape index (κ1) is 18.9. The van der Waals surface area contributed by atoms with Gasteiger partial charge in [0, 0.05) is 44.0 Å². The van der Waals surface area contributed by atoms with Crippen molar-refractivity contribution in [3.8, 4) is 5.88 Å². The second kappa shape index (κ2) is 8.62. The van der Waals surface area contributed by atoms with Crippen LogP contribution in [0.1, 0.15) is 17.3 Å². The molecule has 1 aromatic carbocycles.